The van der Waals surface area contributed by atoms with E-state index in [2.05, 4.69) is 10.5 Å². The van der Waals surface area contributed by atoms with E-state index in [1.54, 1.807) is 36.1 Å². The molecule has 0 aliphatic rings. The zero-order chi connectivity index (χ0) is 21.1. The van der Waals surface area contributed by atoms with Crippen molar-refractivity contribution in [1.82, 2.24) is 14.5 Å². The van der Waals surface area contributed by atoms with E-state index < -0.39 is 5.91 Å². The molecule has 0 radical (unpaired) electrons. The molecule has 8 nitrogen and oxygen atoms in total. The summed E-state index contributed by atoms with van der Waals surface area (Å²) in [5.74, 6) is 0.248. The molecule has 0 bridgehead atoms. The van der Waals surface area contributed by atoms with Crippen LogP contribution in [0.4, 0.5) is 5.69 Å². The normalized spacial score (nSPS) is 11.0. The van der Waals surface area contributed by atoms with Crippen LogP contribution >= 0.6 is 11.3 Å². The molecule has 0 saturated heterocycles. The summed E-state index contributed by atoms with van der Waals surface area (Å²) < 4.78 is 13.9. The van der Waals surface area contributed by atoms with Crippen LogP contribution in [0.25, 0.3) is 16.3 Å². The summed E-state index contributed by atoms with van der Waals surface area (Å²) >= 11 is 1.55. The summed E-state index contributed by atoms with van der Waals surface area (Å²) in [4.78, 5) is 26.1. The van der Waals surface area contributed by atoms with Gasteiger partial charge in [-0.25, -0.2) is 4.68 Å². The maximum absolute atomic E-state index is 12.8. The molecule has 4 aromatic rings. The molecule has 0 atom stereocenters. The lowest BCUT2D eigenvalue weighted by Gasteiger charge is -2.07. The van der Waals surface area contributed by atoms with Crippen LogP contribution in [-0.4, -0.2) is 27.0 Å². The molecular formula is C21H20N4O4S. The predicted molar refractivity (Wildman–Crippen MR) is 114 cm³/mol. The third-order valence-electron chi connectivity index (χ3n) is 4.62. The first kappa shape index (κ1) is 19.9. The predicted octanol–water partition coefficient (Wildman–Crippen LogP) is 3.36. The SMILES string of the molecule is Cc1c(NC(=O)COCc2cc(-c3cccs3)on2)c(=O)n(-c2ccccc2)n1C. The number of rotatable bonds is 7. The van der Waals surface area contributed by atoms with Crippen LogP contribution in [0.15, 0.2) is 63.2 Å². The molecule has 0 unspecified atom stereocenters. The first-order valence-electron chi connectivity index (χ1n) is 9.25. The van der Waals surface area contributed by atoms with Crippen LogP contribution in [0.5, 0.6) is 0 Å². The number of amides is 1. The molecule has 9 heteroatoms. The number of thiophene rings is 1. The average Bonchev–Trinajstić information content (AvgIpc) is 3.47. The number of hydrogen-bond donors (Lipinski definition) is 1. The van der Waals surface area contributed by atoms with Crippen molar-refractivity contribution in [2.75, 3.05) is 11.9 Å². The van der Waals surface area contributed by atoms with Crippen LogP contribution in [0.3, 0.4) is 0 Å². The van der Waals surface area contributed by atoms with Crippen LogP contribution in [0.1, 0.15) is 11.4 Å². The second kappa shape index (κ2) is 8.52. The van der Waals surface area contributed by atoms with Gasteiger partial charge in [0.15, 0.2) is 5.76 Å². The highest BCUT2D eigenvalue weighted by Gasteiger charge is 2.18. The smallest absolute Gasteiger partial charge is 0.295 e. The number of ether oxygens (including phenoxy) is 1. The van der Waals surface area contributed by atoms with Crippen molar-refractivity contribution in [3.05, 3.63) is 75.7 Å². The number of carbonyl (C=O) groups is 1. The number of anilines is 1. The first-order valence-corrected chi connectivity index (χ1v) is 10.1. The minimum absolute atomic E-state index is 0.129. The summed E-state index contributed by atoms with van der Waals surface area (Å²) in [5, 5.41) is 8.57. The number of aromatic nitrogens is 3. The third kappa shape index (κ3) is 3.98. The summed E-state index contributed by atoms with van der Waals surface area (Å²) in [6, 6.07) is 14.9. The summed E-state index contributed by atoms with van der Waals surface area (Å²) in [6.45, 7) is 1.70. The van der Waals surface area contributed by atoms with Gasteiger partial charge in [0, 0.05) is 13.1 Å². The van der Waals surface area contributed by atoms with Crippen molar-refractivity contribution in [2.45, 2.75) is 13.5 Å². The molecule has 0 aliphatic carbocycles. The van der Waals surface area contributed by atoms with Gasteiger partial charge < -0.3 is 14.6 Å². The highest BCUT2D eigenvalue weighted by atomic mass is 32.1. The molecule has 0 aliphatic heterocycles. The van der Waals surface area contributed by atoms with Gasteiger partial charge in [-0.15, -0.1) is 11.3 Å². The van der Waals surface area contributed by atoms with Gasteiger partial charge in [-0.05, 0) is 30.5 Å². The highest BCUT2D eigenvalue weighted by molar-refractivity contribution is 7.13. The third-order valence-corrected chi connectivity index (χ3v) is 5.51. The Hall–Kier alpha value is -3.43. The minimum atomic E-state index is -0.414. The van der Waals surface area contributed by atoms with Gasteiger partial charge in [-0.2, -0.15) is 0 Å². The largest absolute Gasteiger partial charge is 0.365 e. The Morgan fingerprint density at radius 1 is 1.23 bits per heavy atom. The van der Waals surface area contributed by atoms with E-state index in [4.69, 9.17) is 9.26 Å². The highest BCUT2D eigenvalue weighted by Crippen LogP contribution is 2.25. The summed E-state index contributed by atoms with van der Waals surface area (Å²) in [6.07, 6.45) is 0. The van der Waals surface area contributed by atoms with E-state index in [0.717, 1.165) is 10.6 Å². The Morgan fingerprint density at radius 2 is 2.03 bits per heavy atom. The number of nitrogens with zero attached hydrogens (tertiary/aromatic N) is 3. The lowest BCUT2D eigenvalue weighted by molar-refractivity contribution is -0.121. The second-order valence-electron chi connectivity index (χ2n) is 6.64. The lowest BCUT2D eigenvalue weighted by atomic mass is 10.3. The zero-order valence-corrected chi connectivity index (χ0v) is 17.3. The van der Waals surface area contributed by atoms with Crippen molar-refractivity contribution in [1.29, 1.82) is 0 Å². The molecule has 1 aromatic carbocycles. The van der Waals surface area contributed by atoms with Crippen molar-refractivity contribution in [3.8, 4) is 16.3 Å². The molecule has 4 rings (SSSR count). The summed E-state index contributed by atoms with van der Waals surface area (Å²) in [7, 11) is 1.77. The monoisotopic (exact) mass is 424 g/mol. The fourth-order valence-corrected chi connectivity index (χ4v) is 3.72. The maximum Gasteiger partial charge on any atom is 0.295 e. The molecule has 3 heterocycles. The van der Waals surface area contributed by atoms with Crippen LogP contribution < -0.4 is 10.9 Å². The quantitative estimate of drug-likeness (QED) is 0.491. The van der Waals surface area contributed by atoms with Gasteiger partial charge in [-0.1, -0.05) is 29.4 Å². The van der Waals surface area contributed by atoms with E-state index in [1.165, 1.54) is 4.68 Å². The fraction of sp³-hybridized carbons (Fsp3) is 0.190. The first-order chi connectivity index (χ1) is 14.5. The van der Waals surface area contributed by atoms with Crippen LogP contribution in [0, 0.1) is 6.92 Å². The molecule has 1 amide bonds. The van der Waals surface area contributed by atoms with E-state index in [-0.39, 0.29) is 24.5 Å². The Balaban J connectivity index is 1.38. The molecule has 0 fully saturated rings. The Kier molecular flexibility index (Phi) is 5.64. The number of hydrogen-bond acceptors (Lipinski definition) is 6. The molecule has 0 saturated carbocycles. The maximum atomic E-state index is 12.8. The molecule has 3 aromatic heterocycles. The summed E-state index contributed by atoms with van der Waals surface area (Å²) in [5.41, 5.74) is 1.89. The van der Waals surface area contributed by atoms with Gasteiger partial charge in [0.1, 0.15) is 18.0 Å². The van der Waals surface area contributed by atoms with E-state index in [0.29, 0.717) is 17.1 Å². The molecule has 0 spiro atoms. The standard InChI is InChI=1S/C21H20N4O4S/c1-14-20(21(27)25(24(14)2)16-7-4-3-5-8-16)22-19(26)13-28-12-15-11-17(29-23-15)18-9-6-10-30-18/h3-11H,12-13H2,1-2H3,(H,22,26). The number of benzene rings is 1. The van der Waals surface area contributed by atoms with Gasteiger partial charge in [0.25, 0.3) is 11.5 Å². The van der Waals surface area contributed by atoms with Crippen molar-refractivity contribution >= 4 is 22.9 Å². The van der Waals surface area contributed by atoms with Crippen molar-refractivity contribution in [3.63, 3.8) is 0 Å². The Bertz CT molecular complexity index is 1210. The van der Waals surface area contributed by atoms with E-state index in [1.807, 2.05) is 47.8 Å². The molecule has 1 N–H and O–H groups in total. The number of nitrogens with one attached hydrogen (secondary N) is 1. The van der Waals surface area contributed by atoms with Crippen LogP contribution in [0.2, 0.25) is 0 Å². The average molecular weight is 424 g/mol. The molecule has 30 heavy (non-hydrogen) atoms. The topological polar surface area (TPSA) is 91.3 Å². The number of carbonyl (C=O) groups excluding carboxylic acids is 1. The molecule has 154 valence electrons. The Labute approximate surface area is 176 Å². The zero-order valence-electron chi connectivity index (χ0n) is 16.5. The van der Waals surface area contributed by atoms with Gasteiger partial charge in [0.05, 0.1) is 22.9 Å². The fourth-order valence-electron chi connectivity index (χ4n) is 3.05. The van der Waals surface area contributed by atoms with Gasteiger partial charge in [-0.3, -0.25) is 14.3 Å². The van der Waals surface area contributed by atoms with Crippen molar-refractivity contribution in [2.24, 2.45) is 7.05 Å². The van der Waals surface area contributed by atoms with Gasteiger partial charge in [0.2, 0.25) is 0 Å². The number of para-hydroxylation sites is 1. The lowest BCUT2D eigenvalue weighted by Crippen LogP contribution is -2.24. The van der Waals surface area contributed by atoms with E-state index in [9.17, 15) is 9.59 Å². The van der Waals surface area contributed by atoms with E-state index >= 15 is 0 Å². The van der Waals surface area contributed by atoms with Crippen LogP contribution in [-0.2, 0) is 23.2 Å². The minimum Gasteiger partial charge on any atom is -0.365 e. The second-order valence-corrected chi connectivity index (χ2v) is 7.58. The molecular weight excluding hydrogens is 404 g/mol. The van der Waals surface area contributed by atoms with Crippen molar-refractivity contribution < 1.29 is 14.1 Å². The Morgan fingerprint density at radius 3 is 2.77 bits per heavy atom. The van der Waals surface area contributed by atoms with Gasteiger partial charge >= 0.3 is 0 Å².